The van der Waals surface area contributed by atoms with Gasteiger partial charge in [0.05, 0.1) is 4.90 Å². The summed E-state index contributed by atoms with van der Waals surface area (Å²) in [4.78, 5) is 18.9. The molecule has 152 valence electrons. The SMILES string of the molecule is CCN(CC)S(=O)(=O)c1cc(C(=O)NCc2ccc(N(C)C)nc2)ccc1C. The molecule has 0 aliphatic heterocycles. The Morgan fingerprint density at radius 1 is 1.11 bits per heavy atom. The van der Waals surface area contributed by atoms with E-state index in [4.69, 9.17) is 0 Å². The van der Waals surface area contributed by atoms with Crippen molar-refractivity contribution in [2.24, 2.45) is 0 Å². The molecule has 1 N–H and O–H groups in total. The van der Waals surface area contributed by atoms with Gasteiger partial charge >= 0.3 is 0 Å². The Labute approximate surface area is 167 Å². The number of carbonyl (C=O) groups is 1. The molecule has 0 aliphatic rings. The number of hydrogen-bond acceptors (Lipinski definition) is 5. The van der Waals surface area contributed by atoms with Crippen molar-refractivity contribution in [3.63, 3.8) is 0 Å². The fourth-order valence-electron chi connectivity index (χ4n) is 2.79. The third kappa shape index (κ3) is 4.88. The molecule has 0 fully saturated rings. The molecule has 1 heterocycles. The number of amides is 1. The molecule has 1 amide bonds. The fourth-order valence-corrected chi connectivity index (χ4v) is 4.50. The van der Waals surface area contributed by atoms with Crippen LogP contribution in [0.1, 0.15) is 35.3 Å². The highest BCUT2D eigenvalue weighted by Gasteiger charge is 2.24. The van der Waals surface area contributed by atoms with E-state index < -0.39 is 10.0 Å². The maximum absolute atomic E-state index is 12.8. The van der Waals surface area contributed by atoms with Crippen LogP contribution < -0.4 is 10.2 Å². The average Bonchev–Trinajstić information content (AvgIpc) is 2.67. The standard InChI is InChI=1S/C20H28N4O3S/c1-6-24(7-2)28(26,27)18-12-17(10-8-15(18)3)20(25)22-14-16-9-11-19(21-13-16)23(4)5/h8-13H,6-7,14H2,1-5H3,(H,22,25). The van der Waals surface area contributed by atoms with Crippen LogP contribution in [0, 0.1) is 6.92 Å². The van der Waals surface area contributed by atoms with Crippen molar-refractivity contribution in [3.8, 4) is 0 Å². The van der Waals surface area contributed by atoms with Crippen LogP contribution in [0.25, 0.3) is 0 Å². The summed E-state index contributed by atoms with van der Waals surface area (Å²) in [5.74, 6) is 0.507. The van der Waals surface area contributed by atoms with Crippen LogP contribution in [0.4, 0.5) is 5.82 Å². The summed E-state index contributed by atoms with van der Waals surface area (Å²) in [7, 11) is 0.186. The lowest BCUT2D eigenvalue weighted by Gasteiger charge is -2.20. The number of rotatable bonds is 8. The van der Waals surface area contributed by atoms with Crippen molar-refractivity contribution in [3.05, 3.63) is 53.2 Å². The lowest BCUT2D eigenvalue weighted by molar-refractivity contribution is 0.0950. The van der Waals surface area contributed by atoms with Gasteiger partial charge < -0.3 is 10.2 Å². The van der Waals surface area contributed by atoms with Crippen LogP contribution in [0.5, 0.6) is 0 Å². The number of hydrogen-bond donors (Lipinski definition) is 1. The van der Waals surface area contributed by atoms with Crippen LogP contribution in [-0.2, 0) is 16.6 Å². The van der Waals surface area contributed by atoms with Gasteiger partial charge in [-0.3, -0.25) is 4.79 Å². The van der Waals surface area contributed by atoms with Gasteiger partial charge in [0.1, 0.15) is 5.82 Å². The first-order chi connectivity index (χ1) is 13.2. The molecule has 1 aromatic heterocycles. The molecule has 0 aliphatic carbocycles. The monoisotopic (exact) mass is 404 g/mol. The number of benzene rings is 1. The van der Waals surface area contributed by atoms with E-state index in [1.807, 2.05) is 31.1 Å². The van der Waals surface area contributed by atoms with E-state index in [0.717, 1.165) is 11.4 Å². The van der Waals surface area contributed by atoms with E-state index in [-0.39, 0.29) is 10.8 Å². The van der Waals surface area contributed by atoms with Crippen LogP contribution in [0.2, 0.25) is 0 Å². The lowest BCUT2D eigenvalue weighted by Crippen LogP contribution is -2.31. The number of nitrogens with zero attached hydrogens (tertiary/aromatic N) is 3. The molecular weight excluding hydrogens is 376 g/mol. The van der Waals surface area contributed by atoms with E-state index >= 15 is 0 Å². The minimum atomic E-state index is -3.63. The van der Waals surface area contributed by atoms with E-state index in [0.29, 0.717) is 30.8 Å². The Bertz CT molecular complexity index is 921. The number of carbonyl (C=O) groups excluding carboxylic acids is 1. The van der Waals surface area contributed by atoms with Gasteiger partial charge in [-0.25, -0.2) is 13.4 Å². The molecule has 1 aromatic carbocycles. The smallest absolute Gasteiger partial charge is 0.251 e. The summed E-state index contributed by atoms with van der Waals surface area (Å²) in [5, 5.41) is 2.82. The number of pyridine rings is 1. The molecule has 0 saturated carbocycles. The number of aryl methyl sites for hydroxylation is 1. The molecule has 8 heteroatoms. The Kier molecular flexibility index (Phi) is 7.15. The van der Waals surface area contributed by atoms with Crippen molar-refractivity contribution in [1.29, 1.82) is 0 Å². The summed E-state index contributed by atoms with van der Waals surface area (Å²) in [6.45, 7) is 6.39. The zero-order valence-electron chi connectivity index (χ0n) is 17.1. The predicted molar refractivity (Wildman–Crippen MR) is 111 cm³/mol. The second-order valence-electron chi connectivity index (χ2n) is 6.67. The third-order valence-corrected chi connectivity index (χ3v) is 6.69. The third-order valence-electron chi connectivity index (χ3n) is 4.49. The predicted octanol–water partition coefficient (Wildman–Crippen LogP) is 2.42. The first-order valence-corrected chi connectivity index (χ1v) is 10.7. The van der Waals surface area contributed by atoms with Crippen LogP contribution >= 0.6 is 0 Å². The van der Waals surface area contributed by atoms with Crippen molar-refractivity contribution < 1.29 is 13.2 Å². The Morgan fingerprint density at radius 3 is 2.32 bits per heavy atom. The summed E-state index contributed by atoms with van der Waals surface area (Å²) in [5.41, 5.74) is 1.79. The highest BCUT2D eigenvalue weighted by atomic mass is 32.2. The van der Waals surface area contributed by atoms with Gasteiger partial charge in [-0.15, -0.1) is 0 Å². The van der Waals surface area contributed by atoms with Crippen LogP contribution in [0.3, 0.4) is 0 Å². The first-order valence-electron chi connectivity index (χ1n) is 9.22. The molecule has 0 atom stereocenters. The van der Waals surface area contributed by atoms with Crippen molar-refractivity contribution in [2.45, 2.75) is 32.2 Å². The molecule has 0 bridgehead atoms. The molecular formula is C20H28N4O3S. The largest absolute Gasteiger partial charge is 0.363 e. The quantitative estimate of drug-likeness (QED) is 0.731. The second-order valence-corrected chi connectivity index (χ2v) is 8.58. The van der Waals surface area contributed by atoms with Gasteiger partial charge in [0.15, 0.2) is 0 Å². The summed E-state index contributed by atoms with van der Waals surface area (Å²) in [6, 6.07) is 8.53. The topological polar surface area (TPSA) is 82.6 Å². The Hall–Kier alpha value is -2.45. The fraction of sp³-hybridized carbons (Fsp3) is 0.400. The summed E-state index contributed by atoms with van der Waals surface area (Å²) < 4.78 is 27.1. The molecule has 0 spiro atoms. The lowest BCUT2D eigenvalue weighted by atomic mass is 10.1. The summed E-state index contributed by atoms with van der Waals surface area (Å²) >= 11 is 0. The van der Waals surface area contributed by atoms with Gasteiger partial charge in [-0.1, -0.05) is 26.0 Å². The van der Waals surface area contributed by atoms with Crippen molar-refractivity contribution in [1.82, 2.24) is 14.6 Å². The second kappa shape index (κ2) is 9.16. The van der Waals surface area contributed by atoms with Gasteiger partial charge in [0, 0.05) is 45.5 Å². The Balaban J connectivity index is 2.18. The maximum Gasteiger partial charge on any atom is 0.251 e. The van der Waals surface area contributed by atoms with Gasteiger partial charge in [-0.2, -0.15) is 4.31 Å². The molecule has 0 radical (unpaired) electrons. The molecule has 2 aromatic rings. The van der Waals surface area contributed by atoms with E-state index in [1.54, 1.807) is 39.1 Å². The van der Waals surface area contributed by atoms with Crippen LogP contribution in [0.15, 0.2) is 41.4 Å². The summed E-state index contributed by atoms with van der Waals surface area (Å²) in [6.07, 6.45) is 1.71. The average molecular weight is 405 g/mol. The first kappa shape index (κ1) is 21.8. The number of aromatic nitrogens is 1. The van der Waals surface area contributed by atoms with Crippen LogP contribution in [-0.4, -0.2) is 50.8 Å². The highest BCUT2D eigenvalue weighted by Crippen LogP contribution is 2.21. The molecule has 28 heavy (non-hydrogen) atoms. The molecule has 0 saturated heterocycles. The zero-order chi connectivity index (χ0) is 20.9. The van der Waals surface area contributed by atoms with E-state index in [1.165, 1.54) is 10.4 Å². The maximum atomic E-state index is 12.8. The molecule has 2 rings (SSSR count). The normalized spacial score (nSPS) is 11.5. The minimum absolute atomic E-state index is 0.167. The Morgan fingerprint density at radius 2 is 1.79 bits per heavy atom. The number of sulfonamides is 1. The van der Waals surface area contributed by atoms with Gasteiger partial charge in [-0.05, 0) is 36.2 Å². The molecule has 0 unspecified atom stereocenters. The minimum Gasteiger partial charge on any atom is -0.363 e. The number of anilines is 1. The van der Waals surface area contributed by atoms with E-state index in [2.05, 4.69) is 10.3 Å². The van der Waals surface area contributed by atoms with Crippen molar-refractivity contribution >= 4 is 21.7 Å². The highest BCUT2D eigenvalue weighted by molar-refractivity contribution is 7.89. The number of nitrogens with one attached hydrogen (secondary N) is 1. The van der Waals surface area contributed by atoms with Gasteiger partial charge in [0.2, 0.25) is 10.0 Å². The van der Waals surface area contributed by atoms with Crippen molar-refractivity contribution in [2.75, 3.05) is 32.1 Å². The van der Waals surface area contributed by atoms with Gasteiger partial charge in [0.25, 0.3) is 5.91 Å². The van der Waals surface area contributed by atoms with E-state index in [9.17, 15) is 13.2 Å². The molecule has 7 nitrogen and oxygen atoms in total. The zero-order valence-corrected chi connectivity index (χ0v) is 17.9.